The highest BCUT2D eigenvalue weighted by Crippen LogP contribution is 2.43. The fourth-order valence-corrected chi connectivity index (χ4v) is 5.04. The molecule has 5 aromatic rings. The van der Waals surface area contributed by atoms with E-state index >= 15 is 0 Å². The molecule has 1 nitrogen and oxygen atoms in total. The normalized spacial score (nSPS) is 11.9. The summed E-state index contributed by atoms with van der Waals surface area (Å²) >= 11 is 1.89. The van der Waals surface area contributed by atoms with Gasteiger partial charge in [0.25, 0.3) is 0 Å². The fraction of sp³-hybridized carbons (Fsp3) is 0.0909. The first kappa shape index (κ1) is 14.0. The van der Waals surface area contributed by atoms with E-state index in [1.807, 2.05) is 11.3 Å². The lowest BCUT2D eigenvalue weighted by Crippen LogP contribution is -1.88. The van der Waals surface area contributed by atoms with E-state index in [0.29, 0.717) is 6.61 Å². The van der Waals surface area contributed by atoms with E-state index < -0.39 is 0 Å². The molecule has 0 atom stereocenters. The number of rotatable bonds is 2. The standard InChI is InChI=1S/C22H16OS/c1-23-13-16-12-15-7-3-4-8-17(15)20-19-11-10-14-6-2-5-9-18(14)22(19)24-21(16)20/h2-12H,13H2,1H3. The summed E-state index contributed by atoms with van der Waals surface area (Å²) in [6.45, 7) is 0.645. The van der Waals surface area contributed by atoms with E-state index in [1.54, 1.807) is 7.11 Å². The predicted octanol–water partition coefficient (Wildman–Crippen LogP) is 6.51. The summed E-state index contributed by atoms with van der Waals surface area (Å²) in [6, 6.07) is 24.1. The molecule has 0 fully saturated rings. The second-order valence-corrected chi connectivity index (χ2v) is 7.18. The van der Waals surface area contributed by atoms with Crippen molar-refractivity contribution in [3.05, 3.63) is 72.3 Å². The molecule has 0 spiro atoms. The zero-order chi connectivity index (χ0) is 16.1. The van der Waals surface area contributed by atoms with Crippen LogP contribution in [0.3, 0.4) is 0 Å². The first-order valence-corrected chi connectivity index (χ1v) is 8.92. The molecule has 1 aromatic heterocycles. The molecule has 0 aliphatic carbocycles. The summed E-state index contributed by atoms with van der Waals surface area (Å²) in [7, 11) is 1.77. The Morgan fingerprint density at radius 2 is 1.50 bits per heavy atom. The Balaban J connectivity index is 2.06. The monoisotopic (exact) mass is 328 g/mol. The summed E-state index contributed by atoms with van der Waals surface area (Å²) in [6.07, 6.45) is 0. The summed E-state index contributed by atoms with van der Waals surface area (Å²) in [5.74, 6) is 0. The lowest BCUT2D eigenvalue weighted by Gasteiger charge is -2.06. The van der Waals surface area contributed by atoms with E-state index in [9.17, 15) is 0 Å². The summed E-state index contributed by atoms with van der Waals surface area (Å²) in [4.78, 5) is 0. The zero-order valence-electron chi connectivity index (χ0n) is 13.4. The number of thiophene rings is 1. The molecule has 0 aliphatic rings. The minimum atomic E-state index is 0.645. The molecule has 0 aliphatic heterocycles. The van der Waals surface area contributed by atoms with Gasteiger partial charge in [0.15, 0.2) is 0 Å². The fourth-order valence-electron chi connectivity index (χ4n) is 3.69. The van der Waals surface area contributed by atoms with Crippen molar-refractivity contribution < 1.29 is 4.74 Å². The Morgan fingerprint density at radius 1 is 0.750 bits per heavy atom. The Kier molecular flexibility index (Phi) is 3.09. The minimum absolute atomic E-state index is 0.645. The highest BCUT2D eigenvalue weighted by Gasteiger charge is 2.14. The average molecular weight is 328 g/mol. The quantitative estimate of drug-likeness (QED) is 0.359. The average Bonchev–Trinajstić information content (AvgIpc) is 3.03. The van der Waals surface area contributed by atoms with Gasteiger partial charge in [0.2, 0.25) is 0 Å². The maximum atomic E-state index is 5.48. The van der Waals surface area contributed by atoms with Crippen LogP contribution in [0.1, 0.15) is 5.56 Å². The van der Waals surface area contributed by atoms with E-state index in [1.165, 1.54) is 47.3 Å². The molecule has 116 valence electrons. The molecule has 0 amide bonds. The predicted molar refractivity (Wildman–Crippen MR) is 105 cm³/mol. The van der Waals surface area contributed by atoms with Crippen LogP contribution in [0, 0.1) is 0 Å². The molecule has 4 aromatic carbocycles. The highest BCUT2D eigenvalue weighted by atomic mass is 32.1. The zero-order valence-corrected chi connectivity index (χ0v) is 14.2. The lowest BCUT2D eigenvalue weighted by atomic mass is 9.99. The van der Waals surface area contributed by atoms with Crippen molar-refractivity contribution in [1.82, 2.24) is 0 Å². The van der Waals surface area contributed by atoms with Crippen molar-refractivity contribution >= 4 is 53.1 Å². The molecule has 0 radical (unpaired) electrons. The van der Waals surface area contributed by atoms with E-state index in [4.69, 9.17) is 4.74 Å². The Bertz CT molecular complexity index is 1220. The van der Waals surface area contributed by atoms with Crippen molar-refractivity contribution in [2.75, 3.05) is 7.11 Å². The molecule has 2 heteroatoms. The Labute approximate surface area is 144 Å². The van der Waals surface area contributed by atoms with E-state index in [2.05, 4.69) is 66.7 Å². The van der Waals surface area contributed by atoms with Gasteiger partial charge in [-0.05, 0) is 33.2 Å². The van der Waals surface area contributed by atoms with Crippen LogP contribution >= 0.6 is 11.3 Å². The molecule has 0 bridgehead atoms. The molecular formula is C22H16OS. The van der Waals surface area contributed by atoms with Gasteiger partial charge in [0.1, 0.15) is 0 Å². The van der Waals surface area contributed by atoms with Crippen LogP contribution in [0.2, 0.25) is 0 Å². The third-order valence-corrected chi connectivity index (χ3v) is 6.05. The summed E-state index contributed by atoms with van der Waals surface area (Å²) < 4.78 is 8.20. The minimum Gasteiger partial charge on any atom is -0.380 e. The van der Waals surface area contributed by atoms with Crippen LogP contribution in [-0.2, 0) is 11.3 Å². The second-order valence-electron chi connectivity index (χ2n) is 6.16. The van der Waals surface area contributed by atoms with Crippen LogP contribution in [0.4, 0.5) is 0 Å². The SMILES string of the molecule is COCc1cc2ccccc2c2c1sc1c3ccccc3ccc12. The number of hydrogen-bond donors (Lipinski definition) is 0. The van der Waals surface area contributed by atoms with Gasteiger partial charge in [-0.3, -0.25) is 0 Å². The van der Waals surface area contributed by atoms with Crippen molar-refractivity contribution in [2.24, 2.45) is 0 Å². The third-order valence-electron chi connectivity index (χ3n) is 4.73. The van der Waals surface area contributed by atoms with E-state index in [0.717, 1.165) is 0 Å². The largest absolute Gasteiger partial charge is 0.380 e. The number of fused-ring (bicyclic) bond motifs is 7. The first-order valence-electron chi connectivity index (χ1n) is 8.10. The van der Waals surface area contributed by atoms with Crippen LogP contribution in [0.25, 0.3) is 41.7 Å². The molecule has 1 heterocycles. The molecule has 0 N–H and O–H groups in total. The Morgan fingerprint density at radius 3 is 2.33 bits per heavy atom. The van der Waals surface area contributed by atoms with Gasteiger partial charge in [-0.2, -0.15) is 0 Å². The molecule has 0 saturated carbocycles. The van der Waals surface area contributed by atoms with Crippen molar-refractivity contribution in [3.63, 3.8) is 0 Å². The van der Waals surface area contributed by atoms with Gasteiger partial charge in [-0.15, -0.1) is 11.3 Å². The number of ether oxygens (including phenoxy) is 1. The topological polar surface area (TPSA) is 9.23 Å². The maximum absolute atomic E-state index is 5.48. The first-order chi connectivity index (χ1) is 11.9. The van der Waals surface area contributed by atoms with E-state index in [-0.39, 0.29) is 0 Å². The van der Waals surface area contributed by atoms with Gasteiger partial charge in [-0.25, -0.2) is 0 Å². The smallest absolute Gasteiger partial charge is 0.0727 e. The number of methoxy groups -OCH3 is 1. The van der Waals surface area contributed by atoms with Gasteiger partial charge in [-0.1, -0.05) is 60.7 Å². The molecule has 0 unspecified atom stereocenters. The van der Waals surface area contributed by atoms with Gasteiger partial charge >= 0.3 is 0 Å². The highest BCUT2D eigenvalue weighted by molar-refractivity contribution is 7.27. The molecule has 0 saturated heterocycles. The van der Waals surface area contributed by atoms with Crippen LogP contribution in [-0.4, -0.2) is 7.11 Å². The molecule has 24 heavy (non-hydrogen) atoms. The summed E-state index contributed by atoms with van der Waals surface area (Å²) in [5.41, 5.74) is 1.27. The van der Waals surface area contributed by atoms with Crippen LogP contribution < -0.4 is 0 Å². The maximum Gasteiger partial charge on any atom is 0.0727 e. The van der Waals surface area contributed by atoms with Crippen molar-refractivity contribution in [3.8, 4) is 0 Å². The molecular weight excluding hydrogens is 312 g/mol. The molecule has 5 rings (SSSR count). The van der Waals surface area contributed by atoms with Crippen LogP contribution in [0.5, 0.6) is 0 Å². The van der Waals surface area contributed by atoms with Gasteiger partial charge in [0, 0.05) is 27.3 Å². The van der Waals surface area contributed by atoms with Crippen molar-refractivity contribution in [2.45, 2.75) is 6.61 Å². The number of hydrogen-bond acceptors (Lipinski definition) is 2. The van der Waals surface area contributed by atoms with Gasteiger partial charge in [0.05, 0.1) is 6.61 Å². The van der Waals surface area contributed by atoms with Crippen LogP contribution in [0.15, 0.2) is 66.7 Å². The van der Waals surface area contributed by atoms with Crippen molar-refractivity contribution in [1.29, 1.82) is 0 Å². The third kappa shape index (κ3) is 1.90. The Hall–Kier alpha value is -2.42. The lowest BCUT2D eigenvalue weighted by molar-refractivity contribution is 0.186. The van der Waals surface area contributed by atoms with Gasteiger partial charge < -0.3 is 4.74 Å². The number of benzene rings is 4. The summed E-state index contributed by atoms with van der Waals surface area (Å²) in [5, 5.41) is 7.96. The second kappa shape index (κ2) is 5.30.